The molecule has 8 heteroatoms. The van der Waals surface area contributed by atoms with Gasteiger partial charge in [0.25, 0.3) is 0 Å². The van der Waals surface area contributed by atoms with Crippen molar-refractivity contribution >= 4 is 23.2 Å². The first-order chi connectivity index (χ1) is 14.0. The highest BCUT2D eigenvalue weighted by Crippen LogP contribution is 2.48. The first-order valence-corrected chi connectivity index (χ1v) is 9.63. The summed E-state index contributed by atoms with van der Waals surface area (Å²) in [6.45, 7) is 2.51. The average Bonchev–Trinajstić information content (AvgIpc) is 3.13. The fourth-order valence-electron chi connectivity index (χ4n) is 3.40. The molecule has 1 aromatic heterocycles. The molecule has 2 aromatic carbocycles. The number of rotatable bonds is 4. The predicted octanol–water partition coefficient (Wildman–Crippen LogP) is 5.00. The summed E-state index contributed by atoms with van der Waals surface area (Å²) in [4.78, 5) is 0. The van der Waals surface area contributed by atoms with Gasteiger partial charge in [-0.3, -0.25) is 5.10 Å². The van der Waals surface area contributed by atoms with Crippen LogP contribution < -0.4 is 15.2 Å². The molecule has 146 valence electrons. The second kappa shape index (κ2) is 7.70. The van der Waals surface area contributed by atoms with E-state index in [9.17, 15) is 5.26 Å². The third-order valence-corrected chi connectivity index (χ3v) is 5.52. The molecule has 0 fully saturated rings. The molecule has 0 amide bonds. The van der Waals surface area contributed by atoms with Crippen LogP contribution >= 0.6 is 23.2 Å². The Morgan fingerprint density at radius 3 is 2.69 bits per heavy atom. The van der Waals surface area contributed by atoms with E-state index in [1.54, 1.807) is 12.1 Å². The van der Waals surface area contributed by atoms with Crippen molar-refractivity contribution in [2.75, 3.05) is 6.61 Å². The summed E-state index contributed by atoms with van der Waals surface area (Å²) in [5, 5.41) is 17.8. The number of H-pyrrole nitrogens is 1. The third kappa shape index (κ3) is 3.29. The lowest BCUT2D eigenvalue weighted by Crippen LogP contribution is -2.21. The summed E-state index contributed by atoms with van der Waals surface area (Å²) in [5.41, 5.74) is 9.13. The molecular weight excluding hydrogens is 411 g/mol. The Morgan fingerprint density at radius 1 is 1.24 bits per heavy atom. The molecule has 0 bridgehead atoms. The van der Waals surface area contributed by atoms with E-state index in [-0.39, 0.29) is 11.5 Å². The van der Waals surface area contributed by atoms with Crippen LogP contribution in [0.1, 0.15) is 24.0 Å². The number of hydrogen-bond donors (Lipinski definition) is 2. The minimum Gasteiger partial charge on any atom is -0.494 e. The predicted molar refractivity (Wildman–Crippen MR) is 111 cm³/mol. The Bertz CT molecular complexity index is 1150. The van der Waals surface area contributed by atoms with Crippen LogP contribution in [0.3, 0.4) is 0 Å². The van der Waals surface area contributed by atoms with Crippen LogP contribution in [-0.2, 0) is 0 Å². The van der Waals surface area contributed by atoms with Crippen molar-refractivity contribution < 1.29 is 9.47 Å². The van der Waals surface area contributed by atoms with Gasteiger partial charge < -0.3 is 15.2 Å². The molecule has 2 heterocycles. The number of nitrogens with one attached hydrogen (secondary N) is 1. The lowest BCUT2D eigenvalue weighted by molar-refractivity contribution is 0.340. The van der Waals surface area contributed by atoms with Crippen molar-refractivity contribution in [2.45, 2.75) is 12.8 Å². The molecule has 3 N–H and O–H groups in total. The maximum absolute atomic E-state index is 9.78. The Labute approximate surface area is 177 Å². The van der Waals surface area contributed by atoms with Crippen LogP contribution in [0.5, 0.6) is 11.6 Å². The minimum absolute atomic E-state index is 0.00853. The molecular formula is C21H16Cl2N4O2. The van der Waals surface area contributed by atoms with E-state index in [2.05, 4.69) is 16.3 Å². The van der Waals surface area contributed by atoms with E-state index in [0.29, 0.717) is 39.4 Å². The first-order valence-electron chi connectivity index (χ1n) is 8.88. The van der Waals surface area contributed by atoms with E-state index in [0.717, 1.165) is 11.3 Å². The highest BCUT2D eigenvalue weighted by atomic mass is 35.5. The Morgan fingerprint density at radius 2 is 2.00 bits per heavy atom. The van der Waals surface area contributed by atoms with E-state index < -0.39 is 5.92 Å². The molecule has 6 nitrogen and oxygen atoms in total. The topological polar surface area (TPSA) is 97.0 Å². The number of hydrogen-bond acceptors (Lipinski definition) is 5. The van der Waals surface area contributed by atoms with Gasteiger partial charge in [0.1, 0.15) is 17.4 Å². The molecule has 1 aliphatic heterocycles. The number of fused-ring (bicyclic) bond motifs is 1. The van der Waals surface area contributed by atoms with Crippen molar-refractivity contribution in [1.82, 2.24) is 10.2 Å². The highest BCUT2D eigenvalue weighted by molar-refractivity contribution is 6.42. The first kappa shape index (κ1) is 19.2. The van der Waals surface area contributed by atoms with Gasteiger partial charge in [0.2, 0.25) is 11.8 Å². The van der Waals surface area contributed by atoms with Crippen molar-refractivity contribution in [1.29, 1.82) is 5.26 Å². The van der Waals surface area contributed by atoms with Crippen molar-refractivity contribution in [3.05, 3.63) is 75.1 Å². The zero-order valence-electron chi connectivity index (χ0n) is 15.4. The SMILES string of the molecule is CCOc1ccc(-c2[nH]nc3c2[C@@H](c2cccc(Cl)c2Cl)C(C#N)=C(N)O3)cc1. The van der Waals surface area contributed by atoms with Crippen LogP contribution in [0.2, 0.25) is 10.0 Å². The van der Waals surface area contributed by atoms with Crippen LogP contribution in [0.4, 0.5) is 0 Å². The molecule has 4 rings (SSSR count). The van der Waals surface area contributed by atoms with Crippen molar-refractivity contribution in [3.63, 3.8) is 0 Å². The Hall–Kier alpha value is -3.14. The van der Waals surface area contributed by atoms with Crippen LogP contribution in [0.25, 0.3) is 11.3 Å². The minimum atomic E-state index is -0.574. The second-order valence-corrected chi connectivity index (χ2v) is 7.13. The molecule has 0 aliphatic carbocycles. The molecule has 29 heavy (non-hydrogen) atoms. The molecule has 0 unspecified atom stereocenters. The number of nitrogens with zero attached hydrogens (tertiary/aromatic N) is 2. The molecule has 0 saturated carbocycles. The molecule has 0 saturated heterocycles. The van der Waals surface area contributed by atoms with Gasteiger partial charge in [-0.15, -0.1) is 5.10 Å². The van der Waals surface area contributed by atoms with Gasteiger partial charge >= 0.3 is 0 Å². The zero-order valence-corrected chi connectivity index (χ0v) is 16.9. The van der Waals surface area contributed by atoms with Crippen LogP contribution in [-0.4, -0.2) is 16.8 Å². The van der Waals surface area contributed by atoms with E-state index >= 15 is 0 Å². The maximum atomic E-state index is 9.78. The number of allylic oxidation sites excluding steroid dienone is 1. The summed E-state index contributed by atoms with van der Waals surface area (Å²) in [6.07, 6.45) is 0. The summed E-state index contributed by atoms with van der Waals surface area (Å²) in [6, 6.07) is 15.0. The van der Waals surface area contributed by atoms with Crippen molar-refractivity contribution in [3.8, 4) is 29.0 Å². The van der Waals surface area contributed by atoms with E-state index in [4.69, 9.17) is 38.4 Å². The maximum Gasteiger partial charge on any atom is 0.244 e. The summed E-state index contributed by atoms with van der Waals surface area (Å²) in [5.74, 6) is 0.477. The molecule has 0 radical (unpaired) electrons. The highest BCUT2D eigenvalue weighted by Gasteiger charge is 2.36. The van der Waals surface area contributed by atoms with E-state index in [1.165, 1.54) is 0 Å². The average molecular weight is 427 g/mol. The van der Waals surface area contributed by atoms with Crippen molar-refractivity contribution in [2.24, 2.45) is 5.73 Å². The van der Waals surface area contributed by atoms with E-state index in [1.807, 2.05) is 37.3 Å². The van der Waals surface area contributed by atoms with Gasteiger partial charge in [-0.1, -0.05) is 35.3 Å². The number of nitrogens with two attached hydrogens (primary N) is 1. The largest absolute Gasteiger partial charge is 0.494 e. The zero-order chi connectivity index (χ0) is 20.5. The molecule has 3 aromatic rings. The van der Waals surface area contributed by atoms with Gasteiger partial charge in [-0.25, -0.2) is 0 Å². The lowest BCUT2D eigenvalue weighted by atomic mass is 9.83. The van der Waals surface area contributed by atoms with Crippen LogP contribution in [0.15, 0.2) is 53.9 Å². The Kier molecular flexibility index (Phi) is 5.10. The number of aromatic amines is 1. The third-order valence-electron chi connectivity index (χ3n) is 4.69. The monoisotopic (exact) mass is 426 g/mol. The second-order valence-electron chi connectivity index (χ2n) is 6.34. The van der Waals surface area contributed by atoms with Gasteiger partial charge in [-0.2, -0.15) is 5.26 Å². The molecule has 1 atom stereocenters. The lowest BCUT2D eigenvalue weighted by Gasteiger charge is -2.25. The number of aromatic nitrogens is 2. The smallest absolute Gasteiger partial charge is 0.244 e. The fraction of sp³-hybridized carbons (Fsp3) is 0.143. The van der Waals surface area contributed by atoms with Gasteiger partial charge in [-0.05, 0) is 42.8 Å². The summed E-state index contributed by atoms with van der Waals surface area (Å²) >= 11 is 12.7. The summed E-state index contributed by atoms with van der Waals surface area (Å²) in [7, 11) is 0. The van der Waals surface area contributed by atoms with Gasteiger partial charge in [0, 0.05) is 5.56 Å². The van der Waals surface area contributed by atoms with Gasteiger partial charge in [0.05, 0.1) is 33.8 Å². The molecule has 1 aliphatic rings. The fourth-order valence-corrected chi connectivity index (χ4v) is 3.82. The van der Waals surface area contributed by atoms with Crippen LogP contribution in [0, 0.1) is 11.3 Å². The number of ether oxygens (including phenoxy) is 2. The number of halogens is 2. The van der Waals surface area contributed by atoms with Gasteiger partial charge in [0.15, 0.2) is 0 Å². The standard InChI is InChI=1S/C21H16Cl2N4O2/c1-2-28-12-8-6-11(7-9-12)19-17-16(13-4-3-5-15(22)18(13)23)14(10-24)20(25)29-21(17)27-26-19/h3-9,16H,2,25H2,1H3,(H,26,27)/t16-/m0/s1. The summed E-state index contributed by atoms with van der Waals surface area (Å²) < 4.78 is 11.1. The quantitative estimate of drug-likeness (QED) is 0.611. The Balaban J connectivity index is 1.90. The normalized spacial score (nSPS) is 15.4. The number of benzene rings is 2. The number of nitriles is 1. The molecule has 0 spiro atoms.